The van der Waals surface area contributed by atoms with Crippen molar-refractivity contribution in [2.75, 3.05) is 26.2 Å². The zero-order valence-electron chi connectivity index (χ0n) is 13.8. The number of rotatable bonds is 5. The van der Waals surface area contributed by atoms with Gasteiger partial charge < -0.3 is 15.4 Å². The molecule has 0 saturated carbocycles. The van der Waals surface area contributed by atoms with Gasteiger partial charge in [-0.3, -0.25) is 4.79 Å². The largest absolute Gasteiger partial charge is 0.490 e. The highest BCUT2D eigenvalue weighted by Crippen LogP contribution is 2.32. The number of hydrogen-bond acceptors (Lipinski definition) is 3. The molecule has 2 N–H and O–H groups in total. The second-order valence-electron chi connectivity index (χ2n) is 5.88. The first-order valence-electron chi connectivity index (χ1n) is 8.32. The Morgan fingerprint density at radius 2 is 1.84 bits per heavy atom. The Bertz CT molecular complexity index is 748. The lowest BCUT2D eigenvalue weighted by atomic mass is 10.0. The van der Waals surface area contributed by atoms with E-state index in [9.17, 15) is 4.79 Å². The lowest BCUT2D eigenvalue weighted by Gasteiger charge is -2.15. The fourth-order valence-electron chi connectivity index (χ4n) is 2.89. The van der Waals surface area contributed by atoms with E-state index >= 15 is 0 Å². The fraction of sp³-hybridized carbons (Fsp3) is 0.316. The Morgan fingerprint density at radius 1 is 1.08 bits per heavy atom. The summed E-state index contributed by atoms with van der Waals surface area (Å²) in [7, 11) is 0. The van der Waals surface area contributed by atoms with E-state index in [1.807, 2.05) is 6.07 Å². The Balaban J connectivity index is 1.57. The number of carbonyl (C=O) groups excluding carboxylic acids is 1. The Morgan fingerprint density at radius 3 is 2.64 bits per heavy atom. The van der Waals surface area contributed by atoms with Crippen LogP contribution >= 0.6 is 23.2 Å². The van der Waals surface area contributed by atoms with Gasteiger partial charge in [-0.2, -0.15) is 0 Å². The van der Waals surface area contributed by atoms with Gasteiger partial charge in [-0.25, -0.2) is 0 Å². The molecule has 3 rings (SSSR count). The van der Waals surface area contributed by atoms with Crippen molar-refractivity contribution < 1.29 is 9.53 Å². The van der Waals surface area contributed by atoms with Crippen LogP contribution in [0.2, 0.25) is 10.0 Å². The van der Waals surface area contributed by atoms with Crippen LogP contribution in [0.15, 0.2) is 36.4 Å². The second kappa shape index (κ2) is 8.56. The molecule has 2 aromatic rings. The van der Waals surface area contributed by atoms with Gasteiger partial charge in [0.25, 0.3) is 5.91 Å². The molecule has 1 aliphatic heterocycles. The maximum Gasteiger partial charge on any atom is 0.251 e. The molecule has 132 valence electrons. The van der Waals surface area contributed by atoms with Gasteiger partial charge in [0, 0.05) is 16.1 Å². The second-order valence-corrected chi connectivity index (χ2v) is 6.72. The van der Waals surface area contributed by atoms with Crippen molar-refractivity contribution in [2.24, 2.45) is 0 Å². The molecule has 0 spiro atoms. The van der Waals surface area contributed by atoms with Crippen LogP contribution in [0.4, 0.5) is 0 Å². The highest BCUT2D eigenvalue weighted by atomic mass is 35.5. The number of amides is 1. The average Bonchev–Trinajstić information content (AvgIpc) is 2.86. The summed E-state index contributed by atoms with van der Waals surface area (Å²) in [4.78, 5) is 12.1. The molecule has 0 fully saturated rings. The molecule has 1 amide bonds. The van der Waals surface area contributed by atoms with Crippen LogP contribution in [-0.4, -0.2) is 32.1 Å². The van der Waals surface area contributed by atoms with E-state index in [2.05, 4.69) is 16.7 Å². The third-order valence-corrected chi connectivity index (χ3v) is 4.72. The van der Waals surface area contributed by atoms with Gasteiger partial charge in [0.1, 0.15) is 12.4 Å². The van der Waals surface area contributed by atoms with E-state index in [1.54, 1.807) is 24.3 Å². The summed E-state index contributed by atoms with van der Waals surface area (Å²) in [6, 6.07) is 10.7. The third-order valence-electron chi connectivity index (χ3n) is 4.17. The number of hydrogen-bond donors (Lipinski definition) is 2. The quantitative estimate of drug-likeness (QED) is 0.782. The summed E-state index contributed by atoms with van der Waals surface area (Å²) in [6.07, 6.45) is 1.86. The Labute approximate surface area is 157 Å². The zero-order valence-corrected chi connectivity index (χ0v) is 15.3. The molecule has 0 atom stereocenters. The van der Waals surface area contributed by atoms with Crippen molar-refractivity contribution in [1.82, 2.24) is 10.6 Å². The van der Waals surface area contributed by atoms with Crippen LogP contribution in [0.3, 0.4) is 0 Å². The number of fused-ring (bicyclic) bond motifs is 1. The monoisotopic (exact) mass is 378 g/mol. The molecular formula is C19H20Cl2N2O2. The topological polar surface area (TPSA) is 50.4 Å². The van der Waals surface area contributed by atoms with Crippen molar-refractivity contribution >= 4 is 29.1 Å². The van der Waals surface area contributed by atoms with Crippen LogP contribution < -0.4 is 15.4 Å². The summed E-state index contributed by atoms with van der Waals surface area (Å²) in [5, 5.41) is 7.44. The van der Waals surface area contributed by atoms with Gasteiger partial charge in [-0.1, -0.05) is 29.3 Å². The van der Waals surface area contributed by atoms with E-state index in [-0.39, 0.29) is 5.91 Å². The first-order chi connectivity index (χ1) is 12.1. The average molecular weight is 379 g/mol. The maximum atomic E-state index is 12.1. The van der Waals surface area contributed by atoms with E-state index < -0.39 is 0 Å². The molecule has 0 bridgehead atoms. The molecular weight excluding hydrogens is 359 g/mol. The smallest absolute Gasteiger partial charge is 0.251 e. The molecule has 0 radical (unpaired) electrons. The minimum atomic E-state index is -0.151. The van der Waals surface area contributed by atoms with Crippen LogP contribution in [-0.2, 0) is 12.8 Å². The Kier molecular flexibility index (Phi) is 6.19. The molecule has 0 saturated heterocycles. The number of carbonyl (C=O) groups is 1. The molecule has 25 heavy (non-hydrogen) atoms. The maximum absolute atomic E-state index is 12.1. The predicted molar refractivity (Wildman–Crippen MR) is 101 cm³/mol. The van der Waals surface area contributed by atoms with Gasteiger partial charge in [0.15, 0.2) is 0 Å². The first kappa shape index (κ1) is 18.1. The molecule has 0 aromatic heterocycles. The lowest BCUT2D eigenvalue weighted by molar-refractivity contribution is 0.0947. The lowest BCUT2D eigenvalue weighted by Crippen LogP contribution is -2.28. The molecule has 0 aliphatic carbocycles. The predicted octanol–water partition coefficient (Wildman–Crippen LogP) is 3.49. The van der Waals surface area contributed by atoms with E-state index in [0.717, 1.165) is 31.7 Å². The normalized spacial score (nSPS) is 13.7. The highest BCUT2D eigenvalue weighted by molar-refractivity contribution is 6.32. The Hall–Kier alpha value is -1.75. The van der Waals surface area contributed by atoms with E-state index in [4.69, 9.17) is 27.9 Å². The molecule has 6 heteroatoms. The molecule has 1 aliphatic rings. The van der Waals surface area contributed by atoms with Crippen molar-refractivity contribution in [2.45, 2.75) is 12.8 Å². The number of halogens is 2. The van der Waals surface area contributed by atoms with Crippen LogP contribution in [0, 0.1) is 0 Å². The summed E-state index contributed by atoms with van der Waals surface area (Å²) in [5.41, 5.74) is 3.01. The van der Waals surface area contributed by atoms with Gasteiger partial charge >= 0.3 is 0 Å². The minimum absolute atomic E-state index is 0.151. The minimum Gasteiger partial charge on any atom is -0.490 e. The van der Waals surface area contributed by atoms with Gasteiger partial charge in [0.2, 0.25) is 0 Å². The molecule has 0 unspecified atom stereocenters. The van der Waals surface area contributed by atoms with Crippen LogP contribution in [0.5, 0.6) is 5.75 Å². The molecule has 4 nitrogen and oxygen atoms in total. The number of benzene rings is 2. The first-order valence-corrected chi connectivity index (χ1v) is 9.08. The highest BCUT2D eigenvalue weighted by Gasteiger charge is 2.16. The summed E-state index contributed by atoms with van der Waals surface area (Å²) in [6.45, 7) is 2.64. The summed E-state index contributed by atoms with van der Waals surface area (Å²) < 4.78 is 5.90. The van der Waals surface area contributed by atoms with Crippen molar-refractivity contribution in [1.29, 1.82) is 0 Å². The van der Waals surface area contributed by atoms with E-state index in [1.165, 1.54) is 11.1 Å². The third kappa shape index (κ3) is 4.66. The van der Waals surface area contributed by atoms with Crippen LogP contribution in [0.25, 0.3) is 0 Å². The number of nitrogens with one attached hydrogen (secondary N) is 2. The van der Waals surface area contributed by atoms with Crippen molar-refractivity contribution in [3.8, 4) is 5.75 Å². The molecule has 2 aromatic carbocycles. The van der Waals surface area contributed by atoms with Gasteiger partial charge in [-0.05, 0) is 61.8 Å². The fourth-order valence-corrected chi connectivity index (χ4v) is 3.24. The summed E-state index contributed by atoms with van der Waals surface area (Å²) in [5.74, 6) is 0.589. The van der Waals surface area contributed by atoms with Crippen LogP contribution in [0.1, 0.15) is 21.5 Å². The summed E-state index contributed by atoms with van der Waals surface area (Å²) >= 11 is 12.1. The molecule has 1 heterocycles. The van der Waals surface area contributed by atoms with Crippen molar-refractivity contribution in [3.05, 3.63) is 63.1 Å². The van der Waals surface area contributed by atoms with Gasteiger partial charge in [0.05, 0.1) is 11.6 Å². The number of ether oxygens (including phenoxy) is 1. The standard InChI is InChI=1S/C19H20Cl2N2O2/c20-15-4-1-14(2-5-15)19(24)23-11-12-25-18-16-8-10-22-9-7-13(16)3-6-17(18)21/h1-6,22H,7-12H2,(H,23,24). The van der Waals surface area contributed by atoms with Crippen molar-refractivity contribution in [3.63, 3.8) is 0 Å². The van der Waals surface area contributed by atoms with E-state index in [0.29, 0.717) is 28.8 Å². The SMILES string of the molecule is O=C(NCCOc1c(Cl)ccc2c1CCNCC2)c1ccc(Cl)cc1. The zero-order chi connectivity index (χ0) is 17.6. The van der Waals surface area contributed by atoms with Gasteiger partial charge in [-0.15, -0.1) is 0 Å².